The molecule has 1 atom stereocenters. The molecule has 1 aliphatic heterocycles. The molecule has 1 aromatic heterocycles. The largest absolute Gasteiger partial charge is 0.465 e. The molecule has 1 amide bonds. The fraction of sp³-hybridized carbons (Fsp3) is 0.500. The van der Waals surface area contributed by atoms with Crippen molar-refractivity contribution < 1.29 is 9.90 Å². The number of nitrogens with zero attached hydrogens (tertiary/aromatic N) is 2. The van der Waals surface area contributed by atoms with Crippen molar-refractivity contribution in [3.05, 3.63) is 28.5 Å². The molecule has 92 valence electrons. The highest BCUT2D eigenvalue weighted by Gasteiger charge is 2.24. The zero-order valence-electron chi connectivity index (χ0n) is 9.69. The van der Waals surface area contributed by atoms with Crippen molar-refractivity contribution in [1.82, 2.24) is 9.88 Å². The van der Waals surface area contributed by atoms with Gasteiger partial charge in [-0.25, -0.2) is 9.78 Å². The molecule has 1 aliphatic rings. The lowest BCUT2D eigenvalue weighted by atomic mass is 9.97. The van der Waals surface area contributed by atoms with Crippen LogP contribution in [0.4, 0.5) is 4.79 Å². The normalized spacial score (nSPS) is 19.6. The summed E-state index contributed by atoms with van der Waals surface area (Å²) in [5, 5.41) is 9.56. The van der Waals surface area contributed by atoms with E-state index < -0.39 is 6.09 Å². The van der Waals surface area contributed by atoms with Crippen LogP contribution in [0.25, 0.3) is 0 Å². The van der Waals surface area contributed by atoms with E-state index in [1.807, 2.05) is 6.07 Å². The molecule has 1 aromatic rings. The number of rotatable bonds is 1. The highest BCUT2D eigenvalue weighted by molar-refractivity contribution is 6.29. The molecule has 0 saturated heterocycles. The van der Waals surface area contributed by atoms with Gasteiger partial charge in [0.15, 0.2) is 0 Å². The van der Waals surface area contributed by atoms with Gasteiger partial charge in [-0.05, 0) is 24.0 Å². The third kappa shape index (κ3) is 2.69. The van der Waals surface area contributed by atoms with Crippen LogP contribution in [0.1, 0.15) is 24.6 Å². The van der Waals surface area contributed by atoms with Crippen LogP contribution in [0.3, 0.4) is 0 Å². The number of hydrogen-bond donors (Lipinski definition) is 1. The molecule has 0 bridgehead atoms. The molecular weight excluding hydrogens is 240 g/mol. The Hall–Kier alpha value is -1.29. The van der Waals surface area contributed by atoms with Crippen LogP contribution in [0, 0.1) is 5.92 Å². The van der Waals surface area contributed by atoms with Gasteiger partial charge in [0.25, 0.3) is 0 Å². The van der Waals surface area contributed by atoms with Crippen LogP contribution < -0.4 is 0 Å². The van der Waals surface area contributed by atoms with Crippen LogP contribution in [-0.4, -0.2) is 27.6 Å². The summed E-state index contributed by atoms with van der Waals surface area (Å²) >= 11 is 5.85. The second-order valence-electron chi connectivity index (χ2n) is 4.38. The Balaban J connectivity index is 2.35. The molecule has 0 fully saturated rings. The van der Waals surface area contributed by atoms with E-state index in [2.05, 4.69) is 11.9 Å². The minimum absolute atomic E-state index is 0.335. The topological polar surface area (TPSA) is 53.4 Å². The van der Waals surface area contributed by atoms with E-state index in [4.69, 9.17) is 16.7 Å². The molecule has 0 spiro atoms. The minimum atomic E-state index is -0.891. The first kappa shape index (κ1) is 12.2. The van der Waals surface area contributed by atoms with E-state index in [-0.39, 0.29) is 0 Å². The van der Waals surface area contributed by atoms with E-state index in [1.165, 1.54) is 4.90 Å². The quantitative estimate of drug-likeness (QED) is 0.784. The second kappa shape index (κ2) is 4.92. The van der Waals surface area contributed by atoms with Crippen molar-refractivity contribution >= 4 is 17.7 Å². The summed E-state index contributed by atoms with van der Waals surface area (Å²) in [7, 11) is 0. The van der Waals surface area contributed by atoms with Gasteiger partial charge in [0.2, 0.25) is 0 Å². The van der Waals surface area contributed by atoms with Crippen molar-refractivity contribution in [3.8, 4) is 0 Å². The maximum Gasteiger partial charge on any atom is 0.407 e. The van der Waals surface area contributed by atoms with Gasteiger partial charge < -0.3 is 10.0 Å². The number of carbonyl (C=O) groups is 1. The van der Waals surface area contributed by atoms with Crippen molar-refractivity contribution in [2.75, 3.05) is 6.54 Å². The Labute approximate surface area is 105 Å². The number of fused-ring (bicyclic) bond motifs is 1. The van der Waals surface area contributed by atoms with Crippen LogP contribution in [0.15, 0.2) is 12.1 Å². The summed E-state index contributed by atoms with van der Waals surface area (Å²) in [6, 6.07) is 3.72. The van der Waals surface area contributed by atoms with Crippen LogP contribution in [0.2, 0.25) is 5.15 Å². The molecule has 0 aromatic carbocycles. The molecule has 0 unspecified atom stereocenters. The first-order valence-corrected chi connectivity index (χ1v) is 6.10. The predicted molar refractivity (Wildman–Crippen MR) is 65.2 cm³/mol. The molecule has 2 heterocycles. The number of pyridine rings is 1. The number of amides is 1. The monoisotopic (exact) mass is 254 g/mol. The number of aromatic nitrogens is 1. The van der Waals surface area contributed by atoms with Gasteiger partial charge in [0.05, 0.1) is 12.2 Å². The van der Waals surface area contributed by atoms with Crippen LogP contribution in [0.5, 0.6) is 0 Å². The Morgan fingerprint density at radius 1 is 1.65 bits per heavy atom. The summed E-state index contributed by atoms with van der Waals surface area (Å²) < 4.78 is 0. The van der Waals surface area contributed by atoms with Crippen LogP contribution in [-0.2, 0) is 13.0 Å². The summed E-state index contributed by atoms with van der Waals surface area (Å²) in [4.78, 5) is 16.8. The fourth-order valence-electron chi connectivity index (χ4n) is 2.18. The molecular formula is C12H15ClN2O2. The Bertz CT molecular complexity index is 437. The smallest absolute Gasteiger partial charge is 0.407 e. The molecule has 5 heteroatoms. The molecule has 2 rings (SSSR count). The zero-order valence-corrected chi connectivity index (χ0v) is 10.4. The van der Waals surface area contributed by atoms with E-state index in [9.17, 15) is 4.79 Å². The number of carboxylic acid groups (broad SMARTS) is 1. The first-order chi connectivity index (χ1) is 8.10. The molecule has 0 saturated carbocycles. The standard InChI is InChI=1S/C12H15ClN2O2/c1-2-8-5-9-3-4-11(13)14-10(9)7-15(6-8)12(16)17/h3-4,8H,2,5-7H2,1H3,(H,16,17)/t8-/m0/s1. The first-order valence-electron chi connectivity index (χ1n) is 5.72. The van der Waals surface area contributed by atoms with E-state index in [1.54, 1.807) is 6.07 Å². The lowest BCUT2D eigenvalue weighted by Gasteiger charge is -2.20. The SMILES string of the molecule is CC[C@H]1Cc2ccc(Cl)nc2CN(C(=O)O)C1. The molecule has 0 radical (unpaired) electrons. The number of hydrogen-bond acceptors (Lipinski definition) is 2. The van der Waals surface area contributed by atoms with E-state index in [0.717, 1.165) is 24.1 Å². The molecule has 17 heavy (non-hydrogen) atoms. The van der Waals surface area contributed by atoms with Crippen LogP contribution >= 0.6 is 11.6 Å². The summed E-state index contributed by atoms with van der Waals surface area (Å²) in [5.41, 5.74) is 1.90. The Kier molecular flexibility index (Phi) is 3.52. The lowest BCUT2D eigenvalue weighted by Crippen LogP contribution is -2.32. The van der Waals surface area contributed by atoms with E-state index >= 15 is 0 Å². The van der Waals surface area contributed by atoms with Gasteiger partial charge in [-0.15, -0.1) is 0 Å². The molecule has 4 nitrogen and oxygen atoms in total. The highest BCUT2D eigenvalue weighted by Crippen LogP contribution is 2.24. The molecule has 1 N–H and O–H groups in total. The van der Waals surface area contributed by atoms with Gasteiger partial charge in [-0.1, -0.05) is 31.0 Å². The van der Waals surface area contributed by atoms with Crippen molar-refractivity contribution in [1.29, 1.82) is 0 Å². The third-order valence-corrected chi connectivity index (χ3v) is 3.42. The van der Waals surface area contributed by atoms with Gasteiger partial charge in [-0.3, -0.25) is 0 Å². The summed E-state index contributed by atoms with van der Waals surface area (Å²) in [6.07, 6.45) is 0.948. The lowest BCUT2D eigenvalue weighted by molar-refractivity contribution is 0.134. The van der Waals surface area contributed by atoms with Crippen molar-refractivity contribution in [3.63, 3.8) is 0 Å². The third-order valence-electron chi connectivity index (χ3n) is 3.21. The highest BCUT2D eigenvalue weighted by atomic mass is 35.5. The van der Waals surface area contributed by atoms with Gasteiger partial charge in [0, 0.05) is 6.54 Å². The zero-order chi connectivity index (χ0) is 12.4. The molecule has 0 aliphatic carbocycles. The summed E-state index contributed by atoms with van der Waals surface area (Å²) in [6.45, 7) is 2.99. The number of halogens is 1. The van der Waals surface area contributed by atoms with Crippen molar-refractivity contribution in [2.45, 2.75) is 26.3 Å². The fourth-order valence-corrected chi connectivity index (χ4v) is 2.34. The van der Waals surface area contributed by atoms with E-state index in [0.29, 0.717) is 24.2 Å². The predicted octanol–water partition coefficient (Wildman–Crippen LogP) is 2.80. The van der Waals surface area contributed by atoms with Crippen molar-refractivity contribution in [2.24, 2.45) is 5.92 Å². The van der Waals surface area contributed by atoms with Gasteiger partial charge in [-0.2, -0.15) is 0 Å². The average Bonchev–Trinajstić information content (AvgIpc) is 2.47. The summed E-state index contributed by atoms with van der Waals surface area (Å²) in [5.74, 6) is 0.357. The van der Waals surface area contributed by atoms with Gasteiger partial charge >= 0.3 is 6.09 Å². The average molecular weight is 255 g/mol. The second-order valence-corrected chi connectivity index (χ2v) is 4.77. The maximum atomic E-state index is 11.1. The minimum Gasteiger partial charge on any atom is -0.465 e. The maximum absolute atomic E-state index is 11.1. The Morgan fingerprint density at radius 2 is 2.41 bits per heavy atom. The Morgan fingerprint density at radius 3 is 3.06 bits per heavy atom. The van der Waals surface area contributed by atoms with Gasteiger partial charge in [0.1, 0.15) is 5.15 Å².